The standard InChI is InChI=1S/C26H21ClN2O3/c1-18-11-12-20(15-23(18)27)24-14-13-21(32-24)16-28-29-26(30)17-31-25-10-6-5-9-22(25)19-7-3-2-4-8-19/h2-16H,17H2,1H3,(H,29,30)/b28-16+. The predicted molar refractivity (Wildman–Crippen MR) is 127 cm³/mol. The van der Waals surface area contributed by atoms with E-state index in [4.69, 9.17) is 20.8 Å². The monoisotopic (exact) mass is 444 g/mol. The maximum atomic E-state index is 12.2. The lowest BCUT2D eigenvalue weighted by molar-refractivity contribution is -0.123. The molecule has 32 heavy (non-hydrogen) atoms. The second-order valence-corrected chi connectivity index (χ2v) is 7.52. The summed E-state index contributed by atoms with van der Waals surface area (Å²) < 4.78 is 11.5. The van der Waals surface area contributed by atoms with Gasteiger partial charge in [0.15, 0.2) is 6.61 Å². The average Bonchev–Trinajstić information content (AvgIpc) is 3.29. The number of nitrogens with zero attached hydrogens (tertiary/aromatic N) is 1. The topological polar surface area (TPSA) is 63.8 Å². The van der Waals surface area contributed by atoms with E-state index in [1.54, 1.807) is 6.07 Å². The molecule has 1 N–H and O–H groups in total. The highest BCUT2D eigenvalue weighted by molar-refractivity contribution is 6.31. The quantitative estimate of drug-likeness (QED) is 0.276. The van der Waals surface area contributed by atoms with Gasteiger partial charge in [0, 0.05) is 16.1 Å². The fourth-order valence-corrected chi connectivity index (χ4v) is 3.30. The molecule has 1 aromatic heterocycles. The third-order valence-electron chi connectivity index (χ3n) is 4.79. The molecule has 1 heterocycles. The maximum Gasteiger partial charge on any atom is 0.277 e. The van der Waals surface area contributed by atoms with Gasteiger partial charge >= 0.3 is 0 Å². The molecule has 0 spiro atoms. The molecule has 4 aromatic rings. The Morgan fingerprint density at radius 1 is 1.00 bits per heavy atom. The summed E-state index contributed by atoms with van der Waals surface area (Å²) in [4.78, 5) is 12.2. The van der Waals surface area contributed by atoms with E-state index in [0.717, 1.165) is 22.3 Å². The Bertz CT molecular complexity index is 1250. The zero-order chi connectivity index (χ0) is 22.3. The van der Waals surface area contributed by atoms with Gasteiger partial charge in [0.2, 0.25) is 0 Å². The minimum Gasteiger partial charge on any atom is -0.483 e. The zero-order valence-electron chi connectivity index (χ0n) is 17.4. The number of amides is 1. The summed E-state index contributed by atoms with van der Waals surface area (Å²) >= 11 is 6.18. The minimum absolute atomic E-state index is 0.160. The lowest BCUT2D eigenvalue weighted by atomic mass is 10.1. The summed E-state index contributed by atoms with van der Waals surface area (Å²) in [5.74, 6) is 1.43. The molecule has 0 unspecified atom stereocenters. The molecule has 0 saturated heterocycles. The van der Waals surface area contributed by atoms with E-state index >= 15 is 0 Å². The first-order valence-corrected chi connectivity index (χ1v) is 10.4. The van der Waals surface area contributed by atoms with E-state index in [2.05, 4.69) is 10.5 Å². The highest BCUT2D eigenvalue weighted by Gasteiger charge is 2.08. The van der Waals surface area contributed by atoms with Crippen LogP contribution in [0.1, 0.15) is 11.3 Å². The average molecular weight is 445 g/mol. The predicted octanol–water partition coefficient (Wildman–Crippen LogP) is 6.10. The summed E-state index contributed by atoms with van der Waals surface area (Å²) in [6.45, 7) is 1.78. The SMILES string of the molecule is Cc1ccc(-c2ccc(/C=N/NC(=O)COc3ccccc3-c3ccccc3)o2)cc1Cl. The van der Waals surface area contributed by atoms with Gasteiger partial charge in [-0.2, -0.15) is 5.10 Å². The van der Waals surface area contributed by atoms with Crippen LogP contribution < -0.4 is 10.2 Å². The number of ether oxygens (including phenoxy) is 1. The Balaban J connectivity index is 1.33. The van der Waals surface area contributed by atoms with Crippen LogP contribution in [0.25, 0.3) is 22.5 Å². The molecule has 0 atom stereocenters. The molecule has 0 radical (unpaired) electrons. The maximum absolute atomic E-state index is 12.2. The van der Waals surface area contributed by atoms with Crippen LogP contribution in [0.5, 0.6) is 5.75 Å². The number of hydrogen-bond acceptors (Lipinski definition) is 4. The number of carbonyl (C=O) groups is 1. The first-order valence-electron chi connectivity index (χ1n) is 10.1. The molecule has 0 aliphatic rings. The number of carbonyl (C=O) groups excluding carboxylic acids is 1. The second-order valence-electron chi connectivity index (χ2n) is 7.11. The van der Waals surface area contributed by atoms with Crippen LogP contribution in [0.3, 0.4) is 0 Å². The van der Waals surface area contributed by atoms with Gasteiger partial charge < -0.3 is 9.15 Å². The van der Waals surface area contributed by atoms with Gasteiger partial charge in [-0.3, -0.25) is 4.79 Å². The van der Waals surface area contributed by atoms with Crippen molar-refractivity contribution in [2.24, 2.45) is 5.10 Å². The molecule has 0 aliphatic heterocycles. The summed E-state index contributed by atoms with van der Waals surface area (Å²) in [5, 5.41) is 4.62. The van der Waals surface area contributed by atoms with Crippen LogP contribution in [-0.4, -0.2) is 18.7 Å². The first-order chi connectivity index (χ1) is 15.6. The number of hydrazone groups is 1. The summed E-state index contributed by atoms with van der Waals surface area (Å²) in [6, 6.07) is 26.8. The Hall–Kier alpha value is -3.83. The molecule has 0 saturated carbocycles. The van der Waals surface area contributed by atoms with E-state index in [1.165, 1.54) is 6.21 Å². The van der Waals surface area contributed by atoms with Crippen molar-refractivity contribution < 1.29 is 13.9 Å². The molecule has 3 aromatic carbocycles. The summed E-state index contributed by atoms with van der Waals surface area (Å²) in [6.07, 6.45) is 1.44. The molecule has 0 bridgehead atoms. The van der Waals surface area contributed by atoms with Gasteiger partial charge in [-0.15, -0.1) is 0 Å². The van der Waals surface area contributed by atoms with Crippen molar-refractivity contribution in [2.75, 3.05) is 6.61 Å². The molecule has 0 aliphatic carbocycles. The Morgan fingerprint density at radius 3 is 2.59 bits per heavy atom. The van der Waals surface area contributed by atoms with Gasteiger partial charge in [-0.05, 0) is 42.3 Å². The van der Waals surface area contributed by atoms with Gasteiger partial charge in [0.25, 0.3) is 5.91 Å². The van der Waals surface area contributed by atoms with Crippen LogP contribution in [-0.2, 0) is 4.79 Å². The Kier molecular flexibility index (Phi) is 6.68. The molecular formula is C26H21ClN2O3. The number of rotatable bonds is 7. The van der Waals surface area contributed by atoms with Crippen molar-refractivity contribution >= 4 is 23.7 Å². The fourth-order valence-electron chi connectivity index (χ4n) is 3.12. The van der Waals surface area contributed by atoms with Gasteiger partial charge in [0.1, 0.15) is 17.3 Å². The normalized spacial score (nSPS) is 10.9. The van der Waals surface area contributed by atoms with E-state index < -0.39 is 0 Å². The number of furan rings is 1. The summed E-state index contributed by atoms with van der Waals surface area (Å²) in [5.41, 5.74) is 6.26. The van der Waals surface area contributed by atoms with Crippen molar-refractivity contribution in [1.29, 1.82) is 0 Å². The van der Waals surface area contributed by atoms with Crippen LogP contribution >= 0.6 is 11.6 Å². The molecule has 0 fully saturated rings. The largest absolute Gasteiger partial charge is 0.483 e. The molecule has 6 heteroatoms. The number of nitrogens with one attached hydrogen (secondary N) is 1. The third-order valence-corrected chi connectivity index (χ3v) is 5.20. The number of benzene rings is 3. The zero-order valence-corrected chi connectivity index (χ0v) is 18.2. The number of halogens is 1. The van der Waals surface area contributed by atoms with Crippen LogP contribution in [0.15, 0.2) is 94.4 Å². The first kappa shape index (κ1) is 21.4. The Morgan fingerprint density at radius 2 is 1.78 bits per heavy atom. The molecule has 5 nitrogen and oxygen atoms in total. The van der Waals surface area contributed by atoms with Crippen molar-refractivity contribution in [3.05, 3.63) is 101 Å². The van der Waals surface area contributed by atoms with Crippen LogP contribution in [0.4, 0.5) is 0 Å². The number of aryl methyl sites for hydroxylation is 1. The molecule has 160 valence electrons. The molecule has 1 amide bonds. The van der Waals surface area contributed by atoms with Crippen LogP contribution in [0, 0.1) is 6.92 Å². The van der Waals surface area contributed by atoms with Crippen molar-refractivity contribution in [3.8, 4) is 28.2 Å². The van der Waals surface area contributed by atoms with Crippen LogP contribution in [0.2, 0.25) is 5.02 Å². The fraction of sp³-hybridized carbons (Fsp3) is 0.0769. The van der Waals surface area contributed by atoms with Gasteiger partial charge in [0.05, 0.1) is 6.21 Å². The Labute approximate surface area is 191 Å². The lowest BCUT2D eigenvalue weighted by Gasteiger charge is -2.10. The minimum atomic E-state index is -0.374. The molecule has 4 rings (SSSR count). The third kappa shape index (κ3) is 5.25. The lowest BCUT2D eigenvalue weighted by Crippen LogP contribution is -2.24. The number of para-hydroxylation sites is 1. The van der Waals surface area contributed by atoms with Gasteiger partial charge in [-0.25, -0.2) is 5.43 Å². The van der Waals surface area contributed by atoms with E-state index in [0.29, 0.717) is 22.3 Å². The van der Waals surface area contributed by atoms with Crippen molar-refractivity contribution in [3.63, 3.8) is 0 Å². The number of hydrogen-bond donors (Lipinski definition) is 1. The van der Waals surface area contributed by atoms with Crippen molar-refractivity contribution in [1.82, 2.24) is 5.43 Å². The smallest absolute Gasteiger partial charge is 0.277 e. The highest BCUT2D eigenvalue weighted by Crippen LogP contribution is 2.29. The summed E-state index contributed by atoms with van der Waals surface area (Å²) in [7, 11) is 0. The van der Waals surface area contributed by atoms with Crippen molar-refractivity contribution in [2.45, 2.75) is 6.92 Å². The highest BCUT2D eigenvalue weighted by atomic mass is 35.5. The van der Waals surface area contributed by atoms with E-state index in [-0.39, 0.29) is 12.5 Å². The van der Waals surface area contributed by atoms with E-state index in [9.17, 15) is 4.79 Å². The van der Waals surface area contributed by atoms with Gasteiger partial charge in [-0.1, -0.05) is 72.3 Å². The molecular weight excluding hydrogens is 424 g/mol. The second kappa shape index (κ2) is 9.98. The van der Waals surface area contributed by atoms with E-state index in [1.807, 2.05) is 85.8 Å².